The Bertz CT molecular complexity index is 1090. The number of thiocarbonyl (C=S) groups is 2. The van der Waals surface area contributed by atoms with E-state index < -0.39 is 13.2 Å². The lowest BCUT2D eigenvalue weighted by atomic mass is 9.62. The van der Waals surface area contributed by atoms with E-state index in [1.54, 1.807) is 24.3 Å². The average Bonchev–Trinajstić information content (AvgIpc) is 2.78. The Labute approximate surface area is 230 Å². The minimum absolute atomic E-state index is 0.0474. The topological polar surface area (TPSA) is 66.6 Å². The molecule has 0 aromatic heterocycles. The zero-order valence-electron chi connectivity index (χ0n) is 21.3. The van der Waals surface area contributed by atoms with E-state index in [0.717, 1.165) is 19.3 Å². The van der Waals surface area contributed by atoms with Crippen molar-refractivity contribution < 1.29 is 27.0 Å². The Kier molecular flexibility index (Phi) is 10.00. The van der Waals surface area contributed by atoms with Crippen LogP contribution in [0.15, 0.2) is 48.5 Å². The third kappa shape index (κ3) is 9.79. The summed E-state index contributed by atoms with van der Waals surface area (Å²) in [5.41, 5.74) is 1.27. The van der Waals surface area contributed by atoms with Gasteiger partial charge in [0, 0.05) is 24.0 Å². The van der Waals surface area contributed by atoms with Crippen LogP contribution in [0.3, 0.4) is 0 Å². The first-order valence-corrected chi connectivity index (χ1v) is 12.8. The molecule has 0 radical (unpaired) electrons. The number of nitrogens with one attached hydrogen (secondary N) is 4. The van der Waals surface area contributed by atoms with Crippen LogP contribution in [0, 0.1) is 10.8 Å². The molecule has 1 aliphatic carbocycles. The molecule has 6 nitrogen and oxygen atoms in total. The van der Waals surface area contributed by atoms with E-state index in [9.17, 15) is 17.6 Å². The molecule has 2 unspecified atom stereocenters. The molecule has 1 aliphatic rings. The SMILES string of the molecule is CC1(C)CC(NC(=S)Nc2ccc(OC(F)F)cc2)CC(C)(CNC(=S)Nc2ccc(OC(F)F)cc2)C1. The van der Waals surface area contributed by atoms with Gasteiger partial charge in [-0.05, 0) is 103 Å². The highest BCUT2D eigenvalue weighted by Gasteiger charge is 2.41. The van der Waals surface area contributed by atoms with Crippen LogP contribution in [-0.4, -0.2) is 36.0 Å². The van der Waals surface area contributed by atoms with Crippen LogP contribution < -0.4 is 30.7 Å². The van der Waals surface area contributed by atoms with E-state index in [1.165, 1.54) is 24.3 Å². The fourth-order valence-electron chi connectivity index (χ4n) is 5.13. The average molecular weight is 573 g/mol. The van der Waals surface area contributed by atoms with Crippen LogP contribution in [0.4, 0.5) is 28.9 Å². The van der Waals surface area contributed by atoms with Gasteiger partial charge in [-0.3, -0.25) is 0 Å². The van der Waals surface area contributed by atoms with E-state index in [0.29, 0.717) is 28.1 Å². The molecule has 1 saturated carbocycles. The van der Waals surface area contributed by atoms with Crippen LogP contribution >= 0.6 is 24.4 Å². The molecule has 0 amide bonds. The highest BCUT2D eigenvalue weighted by atomic mass is 32.1. The molecule has 0 aliphatic heterocycles. The van der Waals surface area contributed by atoms with Crippen LogP contribution in [-0.2, 0) is 0 Å². The molecule has 2 atom stereocenters. The summed E-state index contributed by atoms with van der Waals surface area (Å²) in [5, 5.41) is 13.7. The summed E-state index contributed by atoms with van der Waals surface area (Å²) in [4.78, 5) is 0. The highest BCUT2D eigenvalue weighted by Crippen LogP contribution is 2.45. The van der Waals surface area contributed by atoms with E-state index in [2.05, 4.69) is 51.5 Å². The zero-order chi connectivity index (χ0) is 27.9. The molecular weight excluding hydrogens is 540 g/mol. The number of halogens is 4. The molecule has 0 saturated heterocycles. The Morgan fingerprint density at radius 1 is 0.816 bits per heavy atom. The van der Waals surface area contributed by atoms with Crippen molar-refractivity contribution in [1.82, 2.24) is 10.6 Å². The Morgan fingerprint density at radius 2 is 1.29 bits per heavy atom. The van der Waals surface area contributed by atoms with Gasteiger partial charge in [-0.25, -0.2) is 0 Å². The Balaban J connectivity index is 1.52. The van der Waals surface area contributed by atoms with Crippen molar-refractivity contribution in [3.63, 3.8) is 0 Å². The second-order valence-electron chi connectivity index (χ2n) is 10.5. The smallest absolute Gasteiger partial charge is 0.387 e. The van der Waals surface area contributed by atoms with Crippen LogP contribution in [0.5, 0.6) is 11.5 Å². The summed E-state index contributed by atoms with van der Waals surface area (Å²) < 4.78 is 58.1. The van der Waals surface area contributed by atoms with Crippen LogP contribution in [0.25, 0.3) is 0 Å². The van der Waals surface area contributed by atoms with Gasteiger partial charge in [0.15, 0.2) is 10.2 Å². The third-order valence-corrected chi connectivity index (χ3v) is 6.60. The maximum absolute atomic E-state index is 12.4. The highest BCUT2D eigenvalue weighted by molar-refractivity contribution is 7.80. The molecule has 0 bridgehead atoms. The molecule has 1 fully saturated rings. The molecular formula is C26H32F4N4O2S2. The number of hydrogen-bond acceptors (Lipinski definition) is 4. The molecule has 0 heterocycles. The fourth-order valence-corrected chi connectivity index (χ4v) is 5.61. The van der Waals surface area contributed by atoms with Crippen molar-refractivity contribution in [2.45, 2.75) is 59.3 Å². The second kappa shape index (κ2) is 12.8. The van der Waals surface area contributed by atoms with Crippen molar-refractivity contribution in [3.05, 3.63) is 48.5 Å². The summed E-state index contributed by atoms with van der Waals surface area (Å²) >= 11 is 11.0. The van der Waals surface area contributed by atoms with Gasteiger partial charge in [-0.2, -0.15) is 17.6 Å². The van der Waals surface area contributed by atoms with Gasteiger partial charge >= 0.3 is 13.2 Å². The van der Waals surface area contributed by atoms with Crippen molar-refractivity contribution in [1.29, 1.82) is 0 Å². The van der Waals surface area contributed by atoms with E-state index >= 15 is 0 Å². The van der Waals surface area contributed by atoms with Crippen molar-refractivity contribution >= 4 is 46.0 Å². The molecule has 0 spiro atoms. The standard InChI is InChI=1S/C26H32F4N4O2S2/c1-25(2)12-18(34-24(38)33-17-6-10-20(11-7-17)36-22(29)30)13-26(3,14-25)15-31-23(37)32-16-4-8-19(9-5-16)35-21(27)28/h4-11,18,21-22H,12-15H2,1-3H3,(H2,31,32,37)(H2,33,34,38). The van der Waals surface area contributed by atoms with E-state index in [1.807, 2.05) is 0 Å². The first-order chi connectivity index (χ1) is 17.8. The number of hydrogen-bond donors (Lipinski definition) is 4. The van der Waals surface area contributed by atoms with E-state index in [-0.39, 0.29) is 28.4 Å². The molecule has 2 aromatic carbocycles. The number of benzene rings is 2. The zero-order valence-corrected chi connectivity index (χ0v) is 23.0. The summed E-state index contributed by atoms with van der Waals surface area (Å²) in [6, 6.07) is 12.4. The minimum atomic E-state index is -2.87. The second-order valence-corrected chi connectivity index (χ2v) is 11.3. The Morgan fingerprint density at radius 3 is 1.76 bits per heavy atom. The number of rotatable bonds is 9. The maximum atomic E-state index is 12.4. The van der Waals surface area contributed by atoms with Crippen LogP contribution in [0.2, 0.25) is 0 Å². The molecule has 2 aromatic rings. The van der Waals surface area contributed by atoms with Gasteiger partial charge in [0.05, 0.1) is 0 Å². The third-order valence-electron chi connectivity index (χ3n) is 6.13. The number of ether oxygens (including phenoxy) is 2. The van der Waals surface area contributed by atoms with E-state index in [4.69, 9.17) is 24.4 Å². The quantitative estimate of drug-likeness (QED) is 0.195. The molecule has 208 valence electrons. The predicted octanol–water partition coefficient (Wildman–Crippen LogP) is 6.75. The predicted molar refractivity (Wildman–Crippen MR) is 149 cm³/mol. The summed E-state index contributed by atoms with van der Waals surface area (Å²) in [6.45, 7) is 1.52. The van der Waals surface area contributed by atoms with Crippen molar-refractivity contribution in [2.24, 2.45) is 10.8 Å². The van der Waals surface area contributed by atoms with Gasteiger partial charge in [0.2, 0.25) is 0 Å². The molecule has 4 N–H and O–H groups in total. The summed E-state index contributed by atoms with van der Waals surface area (Å²) in [6.07, 6.45) is 2.73. The van der Waals surface area contributed by atoms with Gasteiger partial charge in [-0.15, -0.1) is 0 Å². The van der Waals surface area contributed by atoms with Crippen LogP contribution in [0.1, 0.15) is 40.0 Å². The van der Waals surface area contributed by atoms with Gasteiger partial charge in [0.1, 0.15) is 11.5 Å². The van der Waals surface area contributed by atoms with Gasteiger partial charge in [-0.1, -0.05) is 20.8 Å². The Hall–Kier alpha value is -2.86. The van der Waals surface area contributed by atoms with Gasteiger partial charge < -0.3 is 30.7 Å². The summed E-state index contributed by atoms with van der Waals surface area (Å²) in [7, 11) is 0. The normalized spacial score (nSPS) is 20.5. The first kappa shape index (κ1) is 29.7. The van der Waals surface area contributed by atoms with Gasteiger partial charge in [0.25, 0.3) is 0 Å². The monoisotopic (exact) mass is 572 g/mol. The first-order valence-electron chi connectivity index (χ1n) is 12.0. The minimum Gasteiger partial charge on any atom is -0.435 e. The molecule has 38 heavy (non-hydrogen) atoms. The maximum Gasteiger partial charge on any atom is 0.387 e. The number of alkyl halides is 4. The fraction of sp³-hybridized carbons (Fsp3) is 0.462. The largest absolute Gasteiger partial charge is 0.435 e. The summed E-state index contributed by atoms with van der Waals surface area (Å²) in [5.74, 6) is 0.150. The lowest BCUT2D eigenvalue weighted by Gasteiger charge is -2.47. The lowest BCUT2D eigenvalue weighted by Crippen LogP contribution is -2.51. The van der Waals surface area contributed by atoms with Crippen molar-refractivity contribution in [3.8, 4) is 11.5 Å². The lowest BCUT2D eigenvalue weighted by molar-refractivity contribution is -0.0505. The van der Waals surface area contributed by atoms with Crippen molar-refractivity contribution in [2.75, 3.05) is 17.2 Å². The molecule has 3 rings (SSSR count). The number of anilines is 2. The molecule has 12 heteroatoms.